The number of alkyl halides is 1. The minimum absolute atomic E-state index is 0. The highest BCUT2D eigenvalue weighted by Gasteiger charge is 2.26. The van der Waals surface area contributed by atoms with Gasteiger partial charge in [-0.3, -0.25) is 19.2 Å². The summed E-state index contributed by atoms with van der Waals surface area (Å²) < 4.78 is 6.29. The Morgan fingerprint density at radius 3 is 1.23 bits per heavy atom. The summed E-state index contributed by atoms with van der Waals surface area (Å²) in [7, 11) is 0. The number of rotatable bonds is 36. The second-order valence-electron chi connectivity index (χ2n) is 24.3. The molecule has 74 heavy (non-hydrogen) atoms. The molecule has 0 radical (unpaired) electrons. The van der Waals surface area contributed by atoms with Crippen molar-refractivity contribution in [3.05, 3.63) is 37.4 Å². The van der Waals surface area contributed by atoms with Crippen LogP contribution in [0, 0.1) is 53.3 Å². The summed E-state index contributed by atoms with van der Waals surface area (Å²) in [6, 6.07) is 0. The van der Waals surface area contributed by atoms with Crippen molar-refractivity contribution in [1.82, 2.24) is 33.7 Å². The monoisotopic (exact) mass is 1080 g/mol. The number of aromatic nitrogens is 4. The highest BCUT2D eigenvalue weighted by atomic mass is 35.5. The van der Waals surface area contributed by atoms with Crippen LogP contribution >= 0.6 is 11.6 Å². The summed E-state index contributed by atoms with van der Waals surface area (Å²) in [5.74, 6) is 4.37. The number of hydrogen-bond acceptors (Lipinski definition) is 6. The second kappa shape index (κ2) is 42.9. The Hall–Kier alpha value is -3.16. The largest absolute Gasteiger partial charge is 1.00 e. The van der Waals surface area contributed by atoms with Gasteiger partial charge >= 0.3 is 0 Å². The van der Waals surface area contributed by atoms with Crippen LogP contribution in [0.15, 0.2) is 37.4 Å². The molecule has 13 nitrogen and oxygen atoms in total. The summed E-state index contributed by atoms with van der Waals surface area (Å²) >= 11 is 5.52. The zero-order valence-electron chi connectivity index (χ0n) is 50.2. The second-order valence-corrected chi connectivity index (χ2v) is 24.6. The normalized spacial score (nSPS) is 11.4. The molecule has 0 spiro atoms. The first-order chi connectivity index (χ1) is 34.4. The fraction of sp³-hybridized carbons (Fsp3) is 0.831. The van der Waals surface area contributed by atoms with Gasteiger partial charge in [0.2, 0.25) is 24.0 Å². The molecular weight excluding hydrogens is 970 g/mol. The lowest BCUT2D eigenvalue weighted by Crippen LogP contribution is -3.00. The SMILES string of the molecule is CC(C)CN(CC(C)C)C(=O)CC(CCCCCCn1cc[n+](CC(=O)N(CC(C)C)CC(C)C)c1)CC(=O)N(CC(C)C)CC(C)C.CC(C)CN(CC(C)C)C(=O)CCl.NCCCCCCn1ccnc1.[Cl-]. The van der Waals surface area contributed by atoms with E-state index < -0.39 is 0 Å². The zero-order chi connectivity index (χ0) is 55.5. The number of hydrogen-bond donors (Lipinski definition) is 1. The number of carbonyl (C=O) groups is 4. The Kier molecular flexibility index (Phi) is 42.3. The van der Waals surface area contributed by atoms with Gasteiger partial charge in [-0.1, -0.05) is 136 Å². The van der Waals surface area contributed by atoms with E-state index in [1.807, 2.05) is 55.4 Å². The van der Waals surface area contributed by atoms with Crippen molar-refractivity contribution in [3.8, 4) is 0 Å². The molecule has 2 aromatic heterocycles. The molecule has 2 rings (SSSR count). The van der Waals surface area contributed by atoms with Crippen molar-refractivity contribution < 1.29 is 36.2 Å². The number of carbonyl (C=O) groups excluding carboxylic acids is 4. The molecule has 0 aliphatic carbocycles. The topological polar surface area (TPSA) is 134 Å². The molecule has 0 fully saturated rings. The Morgan fingerprint density at radius 2 is 0.865 bits per heavy atom. The van der Waals surface area contributed by atoms with E-state index in [2.05, 4.69) is 131 Å². The molecule has 2 heterocycles. The van der Waals surface area contributed by atoms with Crippen LogP contribution in [-0.4, -0.2) is 122 Å². The van der Waals surface area contributed by atoms with Crippen LogP contribution in [0.1, 0.15) is 181 Å². The number of imidazole rings is 2. The van der Waals surface area contributed by atoms with Crippen molar-refractivity contribution in [1.29, 1.82) is 0 Å². The third-order valence-electron chi connectivity index (χ3n) is 11.9. The Morgan fingerprint density at radius 1 is 0.500 bits per heavy atom. The molecule has 0 aromatic carbocycles. The molecule has 0 saturated heterocycles. The maximum atomic E-state index is 13.6. The van der Waals surface area contributed by atoms with E-state index in [-0.39, 0.29) is 47.8 Å². The van der Waals surface area contributed by atoms with Crippen LogP contribution in [0.5, 0.6) is 0 Å². The van der Waals surface area contributed by atoms with Gasteiger partial charge < -0.3 is 42.3 Å². The number of nitrogens with zero attached hydrogens (tertiary/aromatic N) is 8. The fourth-order valence-electron chi connectivity index (χ4n) is 8.96. The van der Waals surface area contributed by atoms with Crippen molar-refractivity contribution in [2.75, 3.05) is 64.8 Å². The lowest BCUT2D eigenvalue weighted by Gasteiger charge is -2.30. The highest BCUT2D eigenvalue weighted by molar-refractivity contribution is 6.27. The average molecular weight is 1080 g/mol. The Balaban J connectivity index is 0. The third kappa shape index (κ3) is 38.4. The summed E-state index contributed by atoms with van der Waals surface area (Å²) in [5.41, 5.74) is 5.39. The van der Waals surface area contributed by atoms with Crippen molar-refractivity contribution in [2.45, 2.75) is 201 Å². The van der Waals surface area contributed by atoms with Gasteiger partial charge in [0.25, 0.3) is 5.91 Å². The van der Waals surface area contributed by atoms with Gasteiger partial charge in [0.15, 0.2) is 6.54 Å². The predicted octanol–water partition coefficient (Wildman–Crippen LogP) is 8.32. The number of unbranched alkanes of at least 4 members (excludes halogenated alkanes) is 6. The molecule has 15 heteroatoms. The minimum atomic E-state index is 0. The van der Waals surface area contributed by atoms with Gasteiger partial charge in [-0.05, 0) is 91.9 Å². The van der Waals surface area contributed by atoms with Gasteiger partial charge in [0.05, 0.1) is 12.9 Å². The Labute approximate surface area is 465 Å². The molecule has 0 aliphatic heterocycles. The zero-order valence-corrected chi connectivity index (χ0v) is 51.7. The van der Waals surface area contributed by atoms with E-state index in [0.717, 1.165) is 111 Å². The quantitative estimate of drug-likeness (QED) is 0.0415. The minimum Gasteiger partial charge on any atom is -1.00 e. The Bertz CT molecular complexity index is 1620. The molecule has 0 saturated carbocycles. The van der Waals surface area contributed by atoms with Crippen LogP contribution in [0.4, 0.5) is 0 Å². The molecule has 0 aliphatic rings. The van der Waals surface area contributed by atoms with Gasteiger partial charge in [0, 0.05) is 84.1 Å². The van der Waals surface area contributed by atoms with Gasteiger partial charge in [-0.15, -0.1) is 11.6 Å². The number of nitrogens with two attached hydrogens (primary N) is 1. The fourth-order valence-corrected chi connectivity index (χ4v) is 9.13. The number of aryl methyl sites for hydroxylation is 2. The van der Waals surface area contributed by atoms with Gasteiger partial charge in [-0.2, -0.15) is 0 Å². The van der Waals surface area contributed by atoms with Crippen LogP contribution < -0.4 is 22.7 Å². The number of halogens is 2. The third-order valence-corrected chi connectivity index (χ3v) is 12.1. The average Bonchev–Trinajstić information content (AvgIpc) is 3.97. The predicted molar refractivity (Wildman–Crippen MR) is 306 cm³/mol. The van der Waals surface area contributed by atoms with E-state index in [1.165, 1.54) is 19.3 Å². The van der Waals surface area contributed by atoms with Crippen molar-refractivity contribution in [2.24, 2.45) is 59.0 Å². The molecule has 2 N–H and O–H groups in total. The van der Waals surface area contributed by atoms with Crippen LogP contribution in [0.3, 0.4) is 0 Å². The standard InChI is InChI=1S/C40H76N5O3.C10H20ClNO.C9H17N3.ClH/c1-31(2)23-43(24-32(3)4)38(46)21-37(22-39(47)44(25-33(5)6)26-34(7)8)17-15-13-14-16-18-41-19-20-42(30-41)29-40(48)45(27-35(9)10)28-36(11)12;1-8(2)6-12(7-9(3)4)10(13)5-11;10-5-3-1-2-4-7-12-8-6-11-9-12;/h19-20,30-37H,13-18,21-29H2,1-12H3;8-9H,5-7H2,1-4H3;6,8-9H,1-5,7,10H2;1H/q+1;;;/p-1. The highest BCUT2D eigenvalue weighted by Crippen LogP contribution is 2.23. The number of amides is 4. The van der Waals surface area contributed by atoms with E-state index in [0.29, 0.717) is 66.7 Å². The first-order valence-corrected chi connectivity index (χ1v) is 29.3. The van der Waals surface area contributed by atoms with Crippen molar-refractivity contribution >= 4 is 35.2 Å². The van der Waals surface area contributed by atoms with Gasteiger partial charge in [-0.25, -0.2) is 14.1 Å². The van der Waals surface area contributed by atoms with E-state index in [9.17, 15) is 19.2 Å². The van der Waals surface area contributed by atoms with Gasteiger partial charge in [0.1, 0.15) is 18.3 Å². The lowest BCUT2D eigenvalue weighted by molar-refractivity contribution is -0.684. The molecular formula is C59H113Cl2N9O4. The first-order valence-electron chi connectivity index (χ1n) is 28.7. The van der Waals surface area contributed by atoms with E-state index in [4.69, 9.17) is 17.3 Å². The summed E-state index contributed by atoms with van der Waals surface area (Å²) in [5, 5.41) is 0. The van der Waals surface area contributed by atoms with E-state index >= 15 is 0 Å². The molecule has 432 valence electrons. The molecule has 2 aromatic rings. The van der Waals surface area contributed by atoms with Crippen molar-refractivity contribution in [3.63, 3.8) is 0 Å². The molecule has 0 bridgehead atoms. The lowest BCUT2D eigenvalue weighted by atomic mass is 9.92. The van der Waals surface area contributed by atoms with E-state index in [1.54, 1.807) is 0 Å². The summed E-state index contributed by atoms with van der Waals surface area (Å²) in [6.45, 7) is 43.9. The smallest absolute Gasteiger partial charge is 0.264 e. The van der Waals surface area contributed by atoms with Crippen LogP contribution in [0.25, 0.3) is 0 Å². The summed E-state index contributed by atoms with van der Waals surface area (Å²) in [4.78, 5) is 63.5. The first kappa shape index (κ1) is 72.9. The molecule has 0 atom stereocenters. The molecule has 0 unspecified atom stereocenters. The maximum absolute atomic E-state index is 13.6. The maximum Gasteiger partial charge on any atom is 0.264 e. The molecule has 4 amide bonds. The van der Waals surface area contributed by atoms with Crippen LogP contribution in [0.2, 0.25) is 0 Å². The van der Waals surface area contributed by atoms with Crippen LogP contribution in [-0.2, 0) is 38.8 Å². The summed E-state index contributed by atoms with van der Waals surface area (Å²) in [6.07, 6.45) is 22.8.